The molecule has 0 fully saturated rings. The predicted octanol–water partition coefficient (Wildman–Crippen LogP) is 3.96. The predicted molar refractivity (Wildman–Crippen MR) is 145 cm³/mol. The second-order valence-electron chi connectivity index (χ2n) is 7.92. The highest BCUT2D eigenvalue weighted by Gasteiger charge is 2.23. The van der Waals surface area contributed by atoms with Gasteiger partial charge in [0, 0.05) is 16.5 Å². The number of aryl methyl sites for hydroxylation is 3. The number of aromatic nitrogens is 4. The molecule has 0 radical (unpaired) electrons. The minimum atomic E-state index is -3.16. The summed E-state index contributed by atoms with van der Waals surface area (Å²) in [7, 11) is -3.16. The Bertz CT molecular complexity index is 1340. The van der Waals surface area contributed by atoms with Crippen LogP contribution in [-0.2, 0) is 39.5 Å². The van der Waals surface area contributed by atoms with Gasteiger partial charge in [-0.05, 0) is 73.4 Å². The fraction of sp³-hybridized carbons (Fsp3) is 0.458. The van der Waals surface area contributed by atoms with Crippen LogP contribution in [0.25, 0.3) is 11.2 Å². The zero-order valence-corrected chi connectivity index (χ0v) is 23.0. The number of halogens is 1. The highest BCUT2D eigenvalue weighted by atomic mass is 127. The number of rotatable bonds is 13. The number of hydrogen-bond acceptors (Lipinski definition) is 6. The van der Waals surface area contributed by atoms with Crippen molar-refractivity contribution in [1.82, 2.24) is 19.1 Å². The van der Waals surface area contributed by atoms with Crippen LogP contribution in [0.5, 0.6) is 0 Å². The molecule has 2 aromatic heterocycles. The molecule has 0 saturated heterocycles. The standard InChI is InChI=1S/C24H30IN4O5P/c1-4-15-29-23(30)21-22(27-20(26-21)14-11-18-9-12-19(25)13-10-18)28(24(29)31)16-7-8-17-35(32,33-5-2)34-6-3/h1,9-10,12-13H,5-8,11,14-17H2,2-3H3,(H,26,27). The number of hydrogen-bond donors (Lipinski definition) is 1. The van der Waals surface area contributed by atoms with E-state index >= 15 is 0 Å². The van der Waals surface area contributed by atoms with Gasteiger partial charge in [-0.2, -0.15) is 0 Å². The maximum Gasteiger partial charge on any atom is 0.333 e. The summed E-state index contributed by atoms with van der Waals surface area (Å²) in [5, 5.41) is 0. The van der Waals surface area contributed by atoms with E-state index in [9.17, 15) is 14.2 Å². The molecule has 35 heavy (non-hydrogen) atoms. The van der Waals surface area contributed by atoms with E-state index < -0.39 is 18.8 Å². The van der Waals surface area contributed by atoms with Gasteiger partial charge < -0.3 is 14.0 Å². The van der Waals surface area contributed by atoms with Crippen molar-refractivity contribution in [2.75, 3.05) is 19.4 Å². The third kappa shape index (κ3) is 6.94. The second kappa shape index (κ2) is 12.7. The summed E-state index contributed by atoms with van der Waals surface area (Å²) in [5.74, 6) is 3.00. The Morgan fingerprint density at radius 1 is 1.09 bits per heavy atom. The number of aromatic amines is 1. The zero-order valence-electron chi connectivity index (χ0n) is 20.0. The molecule has 0 saturated carbocycles. The molecule has 188 valence electrons. The summed E-state index contributed by atoms with van der Waals surface area (Å²) in [6, 6.07) is 8.20. The van der Waals surface area contributed by atoms with Gasteiger partial charge in [-0.15, -0.1) is 6.42 Å². The number of nitrogens with zero attached hydrogens (tertiary/aromatic N) is 3. The summed E-state index contributed by atoms with van der Waals surface area (Å²) in [6.07, 6.45) is 8.02. The van der Waals surface area contributed by atoms with Crippen molar-refractivity contribution in [3.63, 3.8) is 0 Å². The summed E-state index contributed by atoms with van der Waals surface area (Å²) < 4.78 is 27.0. The number of benzene rings is 1. The highest BCUT2D eigenvalue weighted by Crippen LogP contribution is 2.48. The van der Waals surface area contributed by atoms with Gasteiger partial charge in [0.15, 0.2) is 5.65 Å². The normalized spacial score (nSPS) is 11.7. The number of imidazole rings is 1. The van der Waals surface area contributed by atoms with Crippen molar-refractivity contribution < 1.29 is 13.6 Å². The second-order valence-corrected chi connectivity index (χ2v) is 11.3. The summed E-state index contributed by atoms with van der Waals surface area (Å²) in [4.78, 5) is 33.7. The van der Waals surface area contributed by atoms with Crippen molar-refractivity contribution in [1.29, 1.82) is 0 Å². The van der Waals surface area contributed by atoms with Crippen molar-refractivity contribution in [2.45, 2.75) is 52.6 Å². The van der Waals surface area contributed by atoms with Crippen LogP contribution in [0.3, 0.4) is 0 Å². The third-order valence-corrected chi connectivity index (χ3v) is 8.32. The largest absolute Gasteiger partial charge is 0.336 e. The van der Waals surface area contributed by atoms with Crippen LogP contribution in [0.2, 0.25) is 0 Å². The van der Waals surface area contributed by atoms with Crippen LogP contribution in [0.4, 0.5) is 0 Å². The van der Waals surface area contributed by atoms with Gasteiger partial charge in [-0.3, -0.25) is 13.9 Å². The molecular weight excluding hydrogens is 582 g/mol. The quantitative estimate of drug-likeness (QED) is 0.136. The van der Waals surface area contributed by atoms with Gasteiger partial charge in [-0.1, -0.05) is 18.1 Å². The minimum Gasteiger partial charge on any atom is -0.336 e. The van der Waals surface area contributed by atoms with Crippen LogP contribution >= 0.6 is 30.2 Å². The lowest BCUT2D eigenvalue weighted by Crippen LogP contribution is -2.40. The molecular formula is C24H30IN4O5P. The lowest BCUT2D eigenvalue weighted by molar-refractivity contribution is 0.219. The molecule has 1 N–H and O–H groups in total. The Morgan fingerprint density at radius 3 is 2.40 bits per heavy atom. The molecule has 2 heterocycles. The molecule has 1 aromatic carbocycles. The molecule has 3 aromatic rings. The van der Waals surface area contributed by atoms with Crippen LogP contribution in [0.1, 0.15) is 38.1 Å². The molecule has 0 amide bonds. The van der Waals surface area contributed by atoms with Crippen LogP contribution < -0.4 is 11.2 Å². The van der Waals surface area contributed by atoms with Crippen LogP contribution in [0.15, 0.2) is 33.9 Å². The molecule has 3 rings (SSSR count). The molecule has 0 aliphatic carbocycles. The molecule has 0 spiro atoms. The van der Waals surface area contributed by atoms with Gasteiger partial charge in [0.05, 0.1) is 25.9 Å². The Morgan fingerprint density at radius 2 is 1.77 bits per heavy atom. The first kappa shape index (κ1) is 27.4. The van der Waals surface area contributed by atoms with E-state index in [2.05, 4.69) is 50.6 Å². The van der Waals surface area contributed by atoms with Gasteiger partial charge >= 0.3 is 13.3 Å². The molecule has 0 atom stereocenters. The summed E-state index contributed by atoms with van der Waals surface area (Å²) in [5.41, 5.74) is 0.731. The number of nitrogens with one attached hydrogen (secondary N) is 1. The molecule has 11 heteroatoms. The Labute approximate surface area is 217 Å². The van der Waals surface area contributed by atoms with Gasteiger partial charge in [0.1, 0.15) is 11.3 Å². The first-order valence-corrected chi connectivity index (χ1v) is 14.4. The number of fused-ring (bicyclic) bond motifs is 1. The van der Waals surface area contributed by atoms with E-state index in [0.29, 0.717) is 50.5 Å². The van der Waals surface area contributed by atoms with Crippen molar-refractivity contribution in [3.05, 3.63) is 60.1 Å². The lowest BCUT2D eigenvalue weighted by Gasteiger charge is -2.17. The Hall–Kier alpha value is -2.19. The zero-order chi connectivity index (χ0) is 25.4. The van der Waals surface area contributed by atoms with E-state index in [-0.39, 0.29) is 18.2 Å². The molecule has 0 unspecified atom stereocenters. The molecule has 0 aliphatic rings. The van der Waals surface area contributed by atoms with Crippen molar-refractivity contribution in [2.24, 2.45) is 0 Å². The summed E-state index contributed by atoms with van der Waals surface area (Å²) >= 11 is 2.26. The smallest absolute Gasteiger partial charge is 0.333 e. The van der Waals surface area contributed by atoms with E-state index in [1.165, 1.54) is 4.57 Å². The van der Waals surface area contributed by atoms with Gasteiger partial charge in [-0.25, -0.2) is 14.3 Å². The van der Waals surface area contributed by atoms with Gasteiger partial charge in [0.25, 0.3) is 5.56 Å². The SMILES string of the molecule is C#CCn1c(=O)c2[nH]c(CCc3ccc(I)cc3)nc2n(CCCCP(=O)(OCC)OCC)c1=O. The maximum absolute atomic E-state index is 13.1. The third-order valence-electron chi connectivity index (χ3n) is 5.44. The Kier molecular flexibility index (Phi) is 9.92. The first-order chi connectivity index (χ1) is 16.8. The fourth-order valence-electron chi connectivity index (χ4n) is 3.81. The highest BCUT2D eigenvalue weighted by molar-refractivity contribution is 14.1. The van der Waals surface area contributed by atoms with E-state index in [0.717, 1.165) is 20.1 Å². The van der Waals surface area contributed by atoms with E-state index in [1.54, 1.807) is 13.8 Å². The average molecular weight is 612 g/mol. The van der Waals surface area contributed by atoms with Gasteiger partial charge in [0.2, 0.25) is 0 Å². The average Bonchev–Trinajstić information content (AvgIpc) is 3.25. The maximum atomic E-state index is 13.1. The monoisotopic (exact) mass is 612 g/mol. The molecule has 0 bridgehead atoms. The van der Waals surface area contributed by atoms with Crippen molar-refractivity contribution >= 4 is 41.4 Å². The minimum absolute atomic E-state index is 0.130. The number of terminal acetylenes is 1. The van der Waals surface area contributed by atoms with E-state index in [1.807, 2.05) is 12.1 Å². The topological polar surface area (TPSA) is 108 Å². The fourth-order valence-corrected chi connectivity index (χ4v) is 5.90. The lowest BCUT2D eigenvalue weighted by atomic mass is 10.1. The van der Waals surface area contributed by atoms with Crippen molar-refractivity contribution in [3.8, 4) is 12.3 Å². The number of unbranched alkanes of at least 4 members (excludes halogenated alkanes) is 1. The van der Waals surface area contributed by atoms with Crippen LogP contribution in [-0.4, -0.2) is 38.5 Å². The molecule has 0 aliphatic heterocycles. The van der Waals surface area contributed by atoms with Crippen LogP contribution in [0, 0.1) is 15.9 Å². The van der Waals surface area contributed by atoms with E-state index in [4.69, 9.17) is 15.5 Å². The first-order valence-electron chi connectivity index (χ1n) is 11.6. The molecule has 9 nitrogen and oxygen atoms in total. The summed E-state index contributed by atoms with van der Waals surface area (Å²) in [6.45, 7) is 4.29. The Balaban J connectivity index is 1.84. The number of H-pyrrole nitrogens is 1.